The number of hydrogen-bond donors (Lipinski definition) is 2. The Morgan fingerprint density at radius 3 is 2.38 bits per heavy atom. The Labute approximate surface area is 73.4 Å². The fourth-order valence-electron chi connectivity index (χ4n) is 0.979. The highest BCUT2D eigenvalue weighted by Gasteiger charge is 2.13. The van der Waals surface area contributed by atoms with Gasteiger partial charge < -0.3 is 20.7 Å². The van der Waals surface area contributed by atoms with E-state index in [2.05, 4.69) is 0 Å². The summed E-state index contributed by atoms with van der Waals surface area (Å²) in [6.45, 7) is 0. The summed E-state index contributed by atoms with van der Waals surface area (Å²) < 4.78 is 0. The van der Waals surface area contributed by atoms with Crippen LogP contribution in [0.15, 0.2) is 18.2 Å². The van der Waals surface area contributed by atoms with Crippen molar-refractivity contribution >= 4 is 17.6 Å². The third-order valence-corrected chi connectivity index (χ3v) is 1.53. The zero-order valence-electron chi connectivity index (χ0n) is 6.48. The van der Waals surface area contributed by atoms with Gasteiger partial charge in [0.05, 0.1) is 11.5 Å². The fourth-order valence-corrected chi connectivity index (χ4v) is 0.979. The SMILES string of the molecule is Nc1cccc(C(=O)[O-])c1C(=O)O. The van der Waals surface area contributed by atoms with Gasteiger partial charge in [-0.3, -0.25) is 0 Å². The Morgan fingerprint density at radius 2 is 2.00 bits per heavy atom. The molecule has 0 saturated carbocycles. The van der Waals surface area contributed by atoms with Gasteiger partial charge in [-0.2, -0.15) is 0 Å². The summed E-state index contributed by atoms with van der Waals surface area (Å²) in [4.78, 5) is 21.0. The minimum Gasteiger partial charge on any atom is -0.545 e. The predicted molar refractivity (Wildman–Crippen MR) is 42.1 cm³/mol. The van der Waals surface area contributed by atoms with Gasteiger partial charge in [-0.05, 0) is 6.07 Å². The molecule has 0 aromatic heterocycles. The number of anilines is 1. The molecule has 13 heavy (non-hydrogen) atoms. The molecule has 0 aliphatic carbocycles. The molecule has 1 aromatic carbocycles. The molecule has 0 aliphatic heterocycles. The third-order valence-electron chi connectivity index (χ3n) is 1.53. The Kier molecular flexibility index (Phi) is 2.19. The van der Waals surface area contributed by atoms with Gasteiger partial charge in [0.1, 0.15) is 0 Å². The van der Waals surface area contributed by atoms with Crippen molar-refractivity contribution in [2.24, 2.45) is 0 Å². The molecule has 0 atom stereocenters. The van der Waals surface area contributed by atoms with Crippen molar-refractivity contribution in [3.63, 3.8) is 0 Å². The topological polar surface area (TPSA) is 103 Å². The highest BCUT2D eigenvalue weighted by molar-refractivity contribution is 6.04. The van der Waals surface area contributed by atoms with Crippen LogP contribution in [0.2, 0.25) is 0 Å². The first-order valence-electron chi connectivity index (χ1n) is 3.37. The van der Waals surface area contributed by atoms with Gasteiger partial charge in [-0.15, -0.1) is 0 Å². The second-order valence-electron chi connectivity index (χ2n) is 2.36. The molecule has 1 aromatic rings. The fraction of sp³-hybridized carbons (Fsp3) is 0. The Balaban J connectivity index is 3.43. The average molecular weight is 180 g/mol. The summed E-state index contributed by atoms with van der Waals surface area (Å²) >= 11 is 0. The van der Waals surface area contributed by atoms with Gasteiger partial charge in [0.25, 0.3) is 0 Å². The maximum absolute atomic E-state index is 10.6. The van der Waals surface area contributed by atoms with Gasteiger partial charge in [0.15, 0.2) is 0 Å². The van der Waals surface area contributed by atoms with Crippen LogP contribution in [0.1, 0.15) is 20.7 Å². The monoisotopic (exact) mass is 180 g/mol. The molecule has 0 bridgehead atoms. The van der Waals surface area contributed by atoms with Crippen molar-refractivity contribution in [1.82, 2.24) is 0 Å². The number of nitrogens with two attached hydrogens (primary N) is 1. The molecule has 0 aliphatic rings. The predicted octanol–water partition coefficient (Wildman–Crippen LogP) is -0.669. The van der Waals surface area contributed by atoms with E-state index in [9.17, 15) is 14.7 Å². The van der Waals surface area contributed by atoms with Crippen LogP contribution in [0.5, 0.6) is 0 Å². The van der Waals surface area contributed by atoms with E-state index < -0.39 is 23.1 Å². The van der Waals surface area contributed by atoms with Crippen molar-refractivity contribution in [2.45, 2.75) is 0 Å². The molecule has 0 unspecified atom stereocenters. The van der Waals surface area contributed by atoms with E-state index in [4.69, 9.17) is 10.8 Å². The third kappa shape index (κ3) is 1.58. The van der Waals surface area contributed by atoms with Gasteiger partial charge in [0.2, 0.25) is 0 Å². The van der Waals surface area contributed by atoms with Gasteiger partial charge in [0, 0.05) is 11.3 Å². The normalized spacial score (nSPS) is 9.54. The second-order valence-corrected chi connectivity index (χ2v) is 2.36. The van der Waals surface area contributed by atoms with Gasteiger partial charge >= 0.3 is 5.97 Å². The highest BCUT2D eigenvalue weighted by Crippen LogP contribution is 2.16. The van der Waals surface area contributed by atoms with Crippen molar-refractivity contribution in [3.05, 3.63) is 29.3 Å². The van der Waals surface area contributed by atoms with Crippen molar-refractivity contribution in [3.8, 4) is 0 Å². The number of carbonyl (C=O) groups excluding carboxylic acids is 1. The molecule has 0 saturated heterocycles. The molecule has 0 spiro atoms. The van der Waals surface area contributed by atoms with E-state index >= 15 is 0 Å². The molecule has 0 radical (unpaired) electrons. The number of carbonyl (C=O) groups is 2. The summed E-state index contributed by atoms with van der Waals surface area (Å²) in [5.41, 5.74) is 4.36. The maximum Gasteiger partial charge on any atom is 0.338 e. The first kappa shape index (κ1) is 9.05. The van der Waals surface area contributed by atoms with E-state index in [0.29, 0.717) is 0 Å². The number of carboxylic acid groups (broad SMARTS) is 2. The molecular weight excluding hydrogens is 174 g/mol. The molecule has 68 valence electrons. The number of aromatic carboxylic acids is 2. The molecule has 3 N–H and O–H groups in total. The number of benzene rings is 1. The lowest BCUT2D eigenvalue weighted by Gasteiger charge is -2.08. The lowest BCUT2D eigenvalue weighted by Crippen LogP contribution is -2.25. The first-order chi connectivity index (χ1) is 6.04. The number of hydrogen-bond acceptors (Lipinski definition) is 4. The number of rotatable bonds is 2. The summed E-state index contributed by atoms with van der Waals surface area (Å²) in [6.07, 6.45) is 0. The Bertz CT molecular complexity index is 372. The van der Waals surface area contributed by atoms with Crippen LogP contribution < -0.4 is 10.8 Å². The number of carboxylic acids is 2. The lowest BCUT2D eigenvalue weighted by atomic mass is 10.1. The van der Waals surface area contributed by atoms with Crippen molar-refractivity contribution < 1.29 is 19.8 Å². The van der Waals surface area contributed by atoms with E-state index in [0.717, 1.165) is 6.07 Å². The van der Waals surface area contributed by atoms with E-state index in [1.165, 1.54) is 12.1 Å². The molecule has 5 heteroatoms. The maximum atomic E-state index is 10.6. The van der Waals surface area contributed by atoms with Gasteiger partial charge in [-0.1, -0.05) is 12.1 Å². The lowest BCUT2D eigenvalue weighted by molar-refractivity contribution is -0.255. The molecule has 0 heterocycles. The first-order valence-corrected chi connectivity index (χ1v) is 3.37. The summed E-state index contributed by atoms with van der Waals surface area (Å²) in [6, 6.07) is 3.80. The highest BCUT2D eigenvalue weighted by atomic mass is 16.4. The van der Waals surface area contributed by atoms with Crippen LogP contribution in [0.4, 0.5) is 5.69 Å². The molecular formula is C8H6NO4-. The quantitative estimate of drug-likeness (QED) is 0.587. The van der Waals surface area contributed by atoms with Crippen LogP contribution in [-0.4, -0.2) is 17.0 Å². The Morgan fingerprint density at radius 1 is 1.38 bits per heavy atom. The molecule has 0 amide bonds. The van der Waals surface area contributed by atoms with Crippen LogP contribution in [-0.2, 0) is 0 Å². The minimum atomic E-state index is -1.55. The minimum absolute atomic E-state index is 0.0887. The smallest absolute Gasteiger partial charge is 0.338 e. The van der Waals surface area contributed by atoms with E-state index in [1.807, 2.05) is 0 Å². The van der Waals surface area contributed by atoms with Crippen LogP contribution in [0.3, 0.4) is 0 Å². The van der Waals surface area contributed by atoms with Crippen LogP contribution in [0, 0.1) is 0 Å². The zero-order valence-corrected chi connectivity index (χ0v) is 6.48. The standard InChI is InChI=1S/C8H7NO4/c9-5-3-1-2-4(7(10)11)6(5)8(12)13/h1-3H,9H2,(H,10,11)(H,12,13)/p-1. The van der Waals surface area contributed by atoms with E-state index in [1.54, 1.807) is 0 Å². The summed E-state index contributed by atoms with van der Waals surface area (Å²) in [5, 5.41) is 19.1. The van der Waals surface area contributed by atoms with Crippen LogP contribution >= 0.6 is 0 Å². The van der Waals surface area contributed by atoms with Crippen molar-refractivity contribution in [1.29, 1.82) is 0 Å². The summed E-state index contributed by atoms with van der Waals surface area (Å²) in [7, 11) is 0. The van der Waals surface area contributed by atoms with Crippen molar-refractivity contribution in [2.75, 3.05) is 5.73 Å². The second kappa shape index (κ2) is 3.14. The molecule has 5 nitrogen and oxygen atoms in total. The van der Waals surface area contributed by atoms with E-state index in [-0.39, 0.29) is 5.69 Å². The van der Waals surface area contributed by atoms with Gasteiger partial charge in [-0.25, -0.2) is 4.79 Å². The summed E-state index contributed by atoms with van der Waals surface area (Å²) in [5.74, 6) is -2.93. The largest absolute Gasteiger partial charge is 0.545 e. The zero-order chi connectivity index (χ0) is 10.0. The average Bonchev–Trinajstić information content (AvgIpc) is 2.02. The molecule has 1 rings (SSSR count). The van der Waals surface area contributed by atoms with Crippen LogP contribution in [0.25, 0.3) is 0 Å². The Hall–Kier alpha value is -2.04. The number of nitrogen functional groups attached to an aromatic ring is 1. The molecule has 0 fully saturated rings.